The number of rotatable bonds is 5. The molecule has 0 aromatic heterocycles. The van der Waals surface area contributed by atoms with Gasteiger partial charge in [-0.3, -0.25) is 0 Å². The third-order valence-corrected chi connectivity index (χ3v) is 5.56. The van der Waals surface area contributed by atoms with Gasteiger partial charge in [-0.15, -0.1) is 0 Å². The molecule has 1 fully saturated rings. The Hall–Kier alpha value is -0.640. The first-order chi connectivity index (χ1) is 8.39. The summed E-state index contributed by atoms with van der Waals surface area (Å²) in [6.45, 7) is 6.57. The summed E-state index contributed by atoms with van der Waals surface area (Å²) in [6.07, 6.45) is 3.00. The third-order valence-electron chi connectivity index (χ3n) is 3.71. The highest BCUT2D eigenvalue weighted by atomic mass is 32.2. The summed E-state index contributed by atoms with van der Waals surface area (Å²) >= 11 is 0. The Kier molecular flexibility index (Phi) is 5.14. The maximum absolute atomic E-state index is 12.2. The van der Waals surface area contributed by atoms with Crippen LogP contribution in [0.25, 0.3) is 0 Å². The van der Waals surface area contributed by atoms with E-state index in [4.69, 9.17) is 0 Å². The molecule has 0 saturated heterocycles. The lowest BCUT2D eigenvalue weighted by Gasteiger charge is -2.35. The molecule has 0 aromatic carbocycles. The molecule has 1 saturated carbocycles. The summed E-state index contributed by atoms with van der Waals surface area (Å²) < 4.78 is 28.3. The fourth-order valence-corrected chi connectivity index (χ4v) is 3.92. The molecule has 0 spiro atoms. The van der Waals surface area contributed by atoms with Crippen molar-refractivity contribution in [1.82, 2.24) is 9.03 Å². The molecule has 0 aliphatic heterocycles. The predicted molar refractivity (Wildman–Crippen MR) is 71.0 cm³/mol. The average Bonchev–Trinajstić information content (AvgIpc) is 2.33. The van der Waals surface area contributed by atoms with Crippen LogP contribution < -0.4 is 4.72 Å². The largest absolute Gasteiger partial charge is 0.280 e. The lowest BCUT2D eigenvalue weighted by Crippen LogP contribution is -2.54. The summed E-state index contributed by atoms with van der Waals surface area (Å²) in [5.74, 6) is 0.574. The second-order valence-corrected chi connectivity index (χ2v) is 6.74. The fraction of sp³-hybridized carbons (Fsp3) is 0.917. The van der Waals surface area contributed by atoms with E-state index in [0.717, 1.165) is 12.8 Å². The van der Waals surface area contributed by atoms with Crippen LogP contribution >= 0.6 is 0 Å². The standard InChI is InChI=1S/C12H23N3O2S/c1-4-15(5-2)18(16,17)14-12(10-13)8-6-11(3)7-9-12/h11,14H,4-9H2,1-3H3. The molecule has 104 valence electrons. The van der Waals surface area contributed by atoms with Gasteiger partial charge >= 0.3 is 0 Å². The molecule has 18 heavy (non-hydrogen) atoms. The van der Waals surface area contributed by atoms with E-state index in [0.29, 0.717) is 31.8 Å². The Balaban J connectivity index is 2.84. The van der Waals surface area contributed by atoms with Crippen LogP contribution in [0.1, 0.15) is 46.5 Å². The average molecular weight is 273 g/mol. The molecule has 0 radical (unpaired) electrons. The van der Waals surface area contributed by atoms with Gasteiger partial charge in [0.15, 0.2) is 0 Å². The van der Waals surface area contributed by atoms with E-state index >= 15 is 0 Å². The van der Waals surface area contributed by atoms with Crippen molar-refractivity contribution in [3.8, 4) is 6.07 Å². The van der Waals surface area contributed by atoms with Gasteiger partial charge in [-0.2, -0.15) is 22.7 Å². The fourth-order valence-electron chi connectivity index (χ4n) is 2.37. The van der Waals surface area contributed by atoms with Gasteiger partial charge in [0.25, 0.3) is 10.2 Å². The Morgan fingerprint density at radius 1 is 1.33 bits per heavy atom. The lowest BCUT2D eigenvalue weighted by molar-refractivity contribution is 0.272. The molecule has 0 aromatic rings. The lowest BCUT2D eigenvalue weighted by atomic mass is 9.79. The van der Waals surface area contributed by atoms with Gasteiger partial charge in [-0.05, 0) is 31.6 Å². The molecular formula is C12H23N3O2S. The zero-order valence-electron chi connectivity index (χ0n) is 11.4. The highest BCUT2D eigenvalue weighted by Crippen LogP contribution is 2.32. The normalized spacial score (nSPS) is 29.2. The van der Waals surface area contributed by atoms with Gasteiger partial charge in [0, 0.05) is 13.1 Å². The molecule has 1 rings (SSSR count). The Morgan fingerprint density at radius 3 is 2.22 bits per heavy atom. The monoisotopic (exact) mass is 273 g/mol. The van der Waals surface area contributed by atoms with E-state index in [1.165, 1.54) is 4.31 Å². The maximum Gasteiger partial charge on any atom is 0.280 e. The van der Waals surface area contributed by atoms with E-state index < -0.39 is 15.7 Å². The number of nitriles is 1. The molecule has 6 heteroatoms. The van der Waals surface area contributed by atoms with Crippen molar-refractivity contribution < 1.29 is 8.42 Å². The number of hydrogen-bond acceptors (Lipinski definition) is 3. The van der Waals surface area contributed by atoms with Crippen molar-refractivity contribution in [3.05, 3.63) is 0 Å². The maximum atomic E-state index is 12.2. The SMILES string of the molecule is CCN(CC)S(=O)(=O)NC1(C#N)CCC(C)CC1. The molecule has 1 aliphatic rings. The number of nitrogens with zero attached hydrogens (tertiary/aromatic N) is 2. The molecule has 1 aliphatic carbocycles. The van der Waals surface area contributed by atoms with E-state index in [-0.39, 0.29) is 0 Å². The summed E-state index contributed by atoms with van der Waals surface area (Å²) in [6, 6.07) is 2.18. The van der Waals surface area contributed by atoms with Crippen LogP contribution in [0.5, 0.6) is 0 Å². The van der Waals surface area contributed by atoms with Crippen LogP contribution in [0, 0.1) is 17.2 Å². The second-order valence-electron chi connectivity index (χ2n) is 5.07. The zero-order chi connectivity index (χ0) is 13.8. The van der Waals surface area contributed by atoms with Gasteiger partial charge in [0.05, 0.1) is 6.07 Å². The zero-order valence-corrected chi connectivity index (χ0v) is 12.3. The van der Waals surface area contributed by atoms with Crippen LogP contribution in [-0.4, -0.2) is 31.4 Å². The molecule has 1 N–H and O–H groups in total. The topological polar surface area (TPSA) is 73.2 Å². The predicted octanol–water partition coefficient (Wildman–Crippen LogP) is 1.64. The third kappa shape index (κ3) is 3.44. The van der Waals surface area contributed by atoms with Crippen LogP contribution in [0.2, 0.25) is 0 Å². The molecule has 0 unspecified atom stereocenters. The van der Waals surface area contributed by atoms with Gasteiger partial charge in [0.2, 0.25) is 0 Å². The first-order valence-corrected chi connectivity index (χ1v) is 8.03. The molecule has 0 bridgehead atoms. The highest BCUT2D eigenvalue weighted by Gasteiger charge is 2.39. The van der Waals surface area contributed by atoms with E-state index in [9.17, 15) is 13.7 Å². The first kappa shape index (κ1) is 15.4. The Bertz CT molecular complexity index is 402. The molecule has 5 nitrogen and oxygen atoms in total. The summed E-state index contributed by atoms with van der Waals surface area (Å²) in [5, 5.41) is 9.32. The van der Waals surface area contributed by atoms with E-state index in [1.54, 1.807) is 13.8 Å². The van der Waals surface area contributed by atoms with Crippen molar-refractivity contribution in [2.75, 3.05) is 13.1 Å². The van der Waals surface area contributed by atoms with Gasteiger partial charge in [0.1, 0.15) is 5.54 Å². The smallest absolute Gasteiger partial charge is 0.196 e. The number of hydrogen-bond donors (Lipinski definition) is 1. The highest BCUT2D eigenvalue weighted by molar-refractivity contribution is 7.87. The van der Waals surface area contributed by atoms with Crippen molar-refractivity contribution in [3.63, 3.8) is 0 Å². The number of nitrogens with one attached hydrogen (secondary N) is 1. The minimum Gasteiger partial charge on any atom is -0.196 e. The van der Waals surface area contributed by atoms with Crippen molar-refractivity contribution >= 4 is 10.2 Å². The van der Waals surface area contributed by atoms with Crippen LogP contribution in [-0.2, 0) is 10.2 Å². The van der Waals surface area contributed by atoms with Crippen molar-refractivity contribution in [2.24, 2.45) is 5.92 Å². The van der Waals surface area contributed by atoms with Crippen molar-refractivity contribution in [2.45, 2.75) is 52.0 Å². The van der Waals surface area contributed by atoms with E-state index in [1.807, 2.05) is 0 Å². The van der Waals surface area contributed by atoms with Gasteiger partial charge in [-0.1, -0.05) is 20.8 Å². The molecule has 0 heterocycles. The molecule has 0 atom stereocenters. The molecule has 0 amide bonds. The van der Waals surface area contributed by atoms with E-state index in [2.05, 4.69) is 17.7 Å². The Labute approximate surface area is 110 Å². The first-order valence-electron chi connectivity index (χ1n) is 6.59. The minimum absolute atomic E-state index is 0.420. The van der Waals surface area contributed by atoms with Crippen LogP contribution in [0.4, 0.5) is 0 Å². The summed E-state index contributed by atoms with van der Waals surface area (Å²) in [4.78, 5) is 0. The van der Waals surface area contributed by atoms with Crippen LogP contribution in [0.3, 0.4) is 0 Å². The molecular weight excluding hydrogens is 250 g/mol. The van der Waals surface area contributed by atoms with Gasteiger partial charge < -0.3 is 0 Å². The second kappa shape index (κ2) is 6.00. The quantitative estimate of drug-likeness (QED) is 0.827. The summed E-state index contributed by atoms with van der Waals surface area (Å²) in [7, 11) is -3.55. The summed E-state index contributed by atoms with van der Waals surface area (Å²) in [5.41, 5.74) is -0.909. The minimum atomic E-state index is -3.55. The van der Waals surface area contributed by atoms with Crippen LogP contribution in [0.15, 0.2) is 0 Å². The Morgan fingerprint density at radius 2 is 1.83 bits per heavy atom. The van der Waals surface area contributed by atoms with Gasteiger partial charge in [-0.25, -0.2) is 0 Å². The van der Waals surface area contributed by atoms with Crippen molar-refractivity contribution in [1.29, 1.82) is 5.26 Å².